The summed E-state index contributed by atoms with van der Waals surface area (Å²) in [7, 11) is 1.89. The first kappa shape index (κ1) is 23.6. The first-order valence-corrected chi connectivity index (χ1v) is 13.6. The van der Waals surface area contributed by atoms with Gasteiger partial charge in [-0.25, -0.2) is 19.2 Å². The second-order valence-electron chi connectivity index (χ2n) is 9.30. The van der Waals surface area contributed by atoms with Gasteiger partial charge in [0.25, 0.3) is 0 Å². The lowest BCUT2D eigenvalue weighted by Gasteiger charge is -2.49. The van der Waals surface area contributed by atoms with E-state index in [2.05, 4.69) is 11.0 Å². The number of thiazole rings is 1. The van der Waals surface area contributed by atoms with Crippen molar-refractivity contribution in [2.45, 2.75) is 31.7 Å². The van der Waals surface area contributed by atoms with Crippen molar-refractivity contribution in [1.82, 2.24) is 24.5 Å². The third-order valence-electron chi connectivity index (χ3n) is 7.26. The van der Waals surface area contributed by atoms with Gasteiger partial charge in [-0.1, -0.05) is 29.6 Å². The SMILES string of the molecule is CCc1nc2sc(N3CCC4(CCN4C(N)=O)C3)nn2c1N(C)c1nc(-c2ccc(F)cc2)c(C#N)s1. The zero-order valence-electron chi connectivity index (χ0n) is 20.3. The number of likely N-dealkylation sites (tertiary alicyclic amines) is 1. The van der Waals surface area contributed by atoms with E-state index in [0.29, 0.717) is 40.8 Å². The van der Waals surface area contributed by atoms with E-state index in [1.807, 2.05) is 23.4 Å². The van der Waals surface area contributed by atoms with E-state index in [1.165, 1.54) is 34.8 Å². The van der Waals surface area contributed by atoms with Crippen molar-refractivity contribution < 1.29 is 9.18 Å². The van der Waals surface area contributed by atoms with Gasteiger partial charge in [-0.05, 0) is 43.5 Å². The van der Waals surface area contributed by atoms with Crippen molar-refractivity contribution in [3.63, 3.8) is 0 Å². The van der Waals surface area contributed by atoms with Gasteiger partial charge in [-0.15, -0.1) is 5.10 Å². The van der Waals surface area contributed by atoms with E-state index in [0.717, 1.165) is 41.0 Å². The number of halogens is 1. The topological polar surface area (TPSA) is 120 Å². The minimum atomic E-state index is -0.362. The van der Waals surface area contributed by atoms with Gasteiger partial charge in [0.15, 0.2) is 10.9 Å². The lowest BCUT2D eigenvalue weighted by atomic mass is 9.84. The standard InChI is InChI=1S/C24H24FN9OS2/c1-3-16-19(31(2)21-29-18(17(12-26)36-21)14-4-6-15(25)7-5-14)34-22(28-16)37-23(30-34)32-10-8-24(13-32)9-11-33(24)20(27)35/h4-7H,3,8-11,13H2,1-2H3,(H2,27,35). The number of carbonyl (C=O) groups is 1. The molecule has 5 heterocycles. The van der Waals surface area contributed by atoms with Gasteiger partial charge < -0.3 is 20.4 Å². The number of hydrogen-bond acceptors (Lipinski definition) is 9. The first-order valence-electron chi connectivity index (χ1n) is 11.9. The summed E-state index contributed by atoms with van der Waals surface area (Å²) in [6.07, 6.45) is 2.52. The number of nitrogens with two attached hydrogens (primary N) is 1. The summed E-state index contributed by atoms with van der Waals surface area (Å²) in [5, 5.41) is 16.1. The normalized spacial score (nSPS) is 19.0. The number of aryl methyl sites for hydroxylation is 1. The Morgan fingerprint density at radius 2 is 2.00 bits per heavy atom. The van der Waals surface area contributed by atoms with Gasteiger partial charge in [0.1, 0.15) is 22.5 Å². The van der Waals surface area contributed by atoms with Crippen molar-refractivity contribution in [1.29, 1.82) is 5.26 Å². The van der Waals surface area contributed by atoms with Crippen LogP contribution >= 0.6 is 22.7 Å². The Balaban J connectivity index is 1.34. The number of imidazole rings is 1. The highest BCUT2D eigenvalue weighted by atomic mass is 32.1. The maximum absolute atomic E-state index is 13.4. The maximum Gasteiger partial charge on any atom is 0.315 e. The monoisotopic (exact) mass is 537 g/mol. The molecule has 2 aliphatic heterocycles. The molecule has 4 aromatic rings. The van der Waals surface area contributed by atoms with Gasteiger partial charge in [-0.2, -0.15) is 9.78 Å². The molecule has 1 aromatic carbocycles. The van der Waals surface area contributed by atoms with Crippen LogP contribution in [-0.4, -0.2) is 62.7 Å². The fraction of sp³-hybridized carbons (Fsp3) is 0.375. The van der Waals surface area contributed by atoms with E-state index in [1.54, 1.807) is 17.0 Å². The number of rotatable bonds is 5. The van der Waals surface area contributed by atoms with Crippen molar-refractivity contribution in [2.75, 3.05) is 36.5 Å². The highest BCUT2D eigenvalue weighted by Gasteiger charge is 2.51. The molecule has 0 aliphatic carbocycles. The molecular weight excluding hydrogens is 513 g/mol. The Morgan fingerprint density at radius 1 is 1.24 bits per heavy atom. The molecule has 1 atom stereocenters. The second-order valence-corrected chi connectivity index (χ2v) is 11.2. The van der Waals surface area contributed by atoms with Crippen LogP contribution in [0.1, 0.15) is 30.3 Å². The third kappa shape index (κ3) is 3.70. The number of fused-ring (bicyclic) bond motifs is 1. The largest absolute Gasteiger partial charge is 0.351 e. The fourth-order valence-corrected chi connectivity index (χ4v) is 7.01. The lowest BCUT2D eigenvalue weighted by molar-refractivity contribution is 0.0456. The molecule has 190 valence electrons. The van der Waals surface area contributed by atoms with Gasteiger partial charge in [0, 0.05) is 32.2 Å². The Hall–Kier alpha value is -3.76. The van der Waals surface area contributed by atoms with Gasteiger partial charge in [-0.3, -0.25) is 0 Å². The van der Waals surface area contributed by atoms with Gasteiger partial charge in [0.05, 0.1) is 11.2 Å². The smallest absolute Gasteiger partial charge is 0.315 e. The predicted molar refractivity (Wildman–Crippen MR) is 141 cm³/mol. The third-order valence-corrected chi connectivity index (χ3v) is 9.26. The number of carbonyl (C=O) groups excluding carboxylic acids is 1. The number of primary amides is 1. The molecule has 2 N–H and O–H groups in total. The Kier molecular flexibility index (Phi) is 5.54. The minimum Gasteiger partial charge on any atom is -0.351 e. The summed E-state index contributed by atoms with van der Waals surface area (Å²) in [4.78, 5) is 28.5. The molecule has 13 heteroatoms. The molecule has 0 bridgehead atoms. The van der Waals surface area contributed by atoms with Crippen LogP contribution < -0.4 is 15.5 Å². The Bertz CT molecular complexity index is 1550. The number of amides is 2. The number of anilines is 3. The van der Waals surface area contributed by atoms with Crippen LogP contribution in [0.5, 0.6) is 0 Å². The van der Waals surface area contributed by atoms with Crippen molar-refractivity contribution >= 4 is 49.7 Å². The molecule has 0 radical (unpaired) electrons. The van der Waals surface area contributed by atoms with E-state index >= 15 is 0 Å². The molecule has 10 nitrogen and oxygen atoms in total. The summed E-state index contributed by atoms with van der Waals surface area (Å²) in [6, 6.07) is 7.83. The molecule has 37 heavy (non-hydrogen) atoms. The summed E-state index contributed by atoms with van der Waals surface area (Å²) in [6.45, 7) is 4.25. The number of hydrogen-bond donors (Lipinski definition) is 1. The number of nitrogens with zero attached hydrogens (tertiary/aromatic N) is 8. The highest BCUT2D eigenvalue weighted by Crippen LogP contribution is 2.42. The van der Waals surface area contributed by atoms with E-state index < -0.39 is 0 Å². The molecule has 2 saturated heterocycles. The van der Waals surface area contributed by atoms with Crippen LogP contribution in [0.4, 0.5) is 25.3 Å². The van der Waals surface area contributed by atoms with E-state index in [-0.39, 0.29) is 17.4 Å². The van der Waals surface area contributed by atoms with E-state index in [4.69, 9.17) is 20.8 Å². The summed E-state index contributed by atoms with van der Waals surface area (Å²) >= 11 is 2.79. The minimum absolute atomic E-state index is 0.195. The van der Waals surface area contributed by atoms with E-state index in [9.17, 15) is 14.4 Å². The zero-order chi connectivity index (χ0) is 25.9. The average Bonchev–Trinajstić information content (AvgIpc) is 3.64. The van der Waals surface area contributed by atoms with Crippen molar-refractivity contribution in [3.05, 3.63) is 40.7 Å². The van der Waals surface area contributed by atoms with Crippen LogP contribution in [0, 0.1) is 17.1 Å². The molecule has 2 fully saturated rings. The van der Waals surface area contributed by atoms with Crippen LogP contribution in [0.3, 0.4) is 0 Å². The second kappa shape index (κ2) is 8.67. The van der Waals surface area contributed by atoms with Crippen LogP contribution in [-0.2, 0) is 6.42 Å². The fourth-order valence-electron chi connectivity index (χ4n) is 5.22. The van der Waals surface area contributed by atoms with Crippen LogP contribution in [0.25, 0.3) is 16.2 Å². The molecule has 2 aliphatic rings. The van der Waals surface area contributed by atoms with Gasteiger partial charge in [0.2, 0.25) is 10.1 Å². The molecular formula is C24H24FN9OS2. The average molecular weight is 538 g/mol. The number of urea groups is 1. The quantitative estimate of drug-likeness (QED) is 0.409. The molecule has 1 unspecified atom stereocenters. The molecule has 2 amide bonds. The number of benzene rings is 1. The Morgan fingerprint density at radius 3 is 2.65 bits per heavy atom. The predicted octanol–water partition coefficient (Wildman–Crippen LogP) is 3.99. The summed E-state index contributed by atoms with van der Waals surface area (Å²) in [5.41, 5.74) is 7.47. The molecule has 1 spiro atoms. The number of aromatic nitrogens is 4. The van der Waals surface area contributed by atoms with Crippen LogP contribution in [0.15, 0.2) is 24.3 Å². The van der Waals surface area contributed by atoms with Crippen LogP contribution in [0.2, 0.25) is 0 Å². The Labute approximate surface area is 220 Å². The zero-order valence-corrected chi connectivity index (χ0v) is 21.9. The number of nitriles is 1. The van der Waals surface area contributed by atoms with Gasteiger partial charge >= 0.3 is 6.03 Å². The molecule has 6 rings (SSSR count). The summed E-state index contributed by atoms with van der Waals surface area (Å²) in [5.74, 6) is 0.451. The van der Waals surface area contributed by atoms with Crippen molar-refractivity contribution in [2.24, 2.45) is 5.73 Å². The van der Waals surface area contributed by atoms with Crippen molar-refractivity contribution in [3.8, 4) is 17.3 Å². The first-order chi connectivity index (χ1) is 17.8. The molecule has 3 aromatic heterocycles. The molecule has 0 saturated carbocycles. The summed E-state index contributed by atoms with van der Waals surface area (Å²) < 4.78 is 15.3. The highest BCUT2D eigenvalue weighted by molar-refractivity contribution is 7.20. The maximum atomic E-state index is 13.4. The lowest BCUT2D eigenvalue weighted by Crippen LogP contribution is -2.64.